The summed E-state index contributed by atoms with van der Waals surface area (Å²) in [6, 6.07) is 9.74. The molecule has 19 heavy (non-hydrogen) atoms. The van der Waals surface area contributed by atoms with Crippen LogP contribution in [0.1, 0.15) is 12.6 Å². The number of rotatable bonds is 2. The first-order valence-corrected chi connectivity index (χ1v) is 6.62. The first-order valence-electron chi connectivity index (χ1n) is 5.86. The highest BCUT2D eigenvalue weighted by atomic mass is 35.5. The predicted molar refractivity (Wildman–Crippen MR) is 76.1 cm³/mol. The van der Waals surface area contributed by atoms with E-state index in [0.717, 1.165) is 23.2 Å². The van der Waals surface area contributed by atoms with Crippen molar-refractivity contribution in [1.82, 2.24) is 19.7 Å². The third-order valence-corrected chi connectivity index (χ3v) is 3.31. The summed E-state index contributed by atoms with van der Waals surface area (Å²) in [5, 5.41) is 5.78. The Morgan fingerprint density at radius 1 is 1.11 bits per heavy atom. The molecule has 3 rings (SSSR count). The van der Waals surface area contributed by atoms with Crippen LogP contribution in [0.15, 0.2) is 30.3 Å². The maximum Gasteiger partial charge on any atom is 0.225 e. The van der Waals surface area contributed by atoms with Crippen LogP contribution < -0.4 is 0 Å². The van der Waals surface area contributed by atoms with Gasteiger partial charge in [0.05, 0.1) is 16.8 Å². The Bertz CT molecular complexity index is 737. The van der Waals surface area contributed by atoms with Crippen LogP contribution in [-0.2, 0) is 6.42 Å². The van der Waals surface area contributed by atoms with E-state index >= 15 is 0 Å². The molecule has 2 heterocycles. The monoisotopic (exact) mass is 292 g/mol. The standard InChI is InChI=1S/C13H10Cl2N4/c1-2-9-10-11(14)16-13(15)17-12(10)19(18-9)8-6-4-3-5-7-8/h3-7H,2H2,1H3. The Kier molecular flexibility index (Phi) is 3.12. The Labute approximate surface area is 120 Å². The van der Waals surface area contributed by atoms with Gasteiger partial charge in [-0.15, -0.1) is 0 Å². The van der Waals surface area contributed by atoms with Crippen molar-refractivity contribution in [3.63, 3.8) is 0 Å². The van der Waals surface area contributed by atoms with Crippen molar-refractivity contribution in [1.29, 1.82) is 0 Å². The lowest BCUT2D eigenvalue weighted by molar-refractivity contribution is 0.854. The third kappa shape index (κ3) is 2.07. The van der Waals surface area contributed by atoms with Gasteiger partial charge in [-0.3, -0.25) is 0 Å². The maximum atomic E-state index is 6.16. The third-order valence-electron chi connectivity index (χ3n) is 2.86. The van der Waals surface area contributed by atoms with E-state index in [9.17, 15) is 0 Å². The molecule has 0 aliphatic rings. The molecule has 2 aromatic heterocycles. The number of benzene rings is 1. The second-order valence-corrected chi connectivity index (χ2v) is 4.73. The van der Waals surface area contributed by atoms with Crippen molar-refractivity contribution < 1.29 is 0 Å². The summed E-state index contributed by atoms with van der Waals surface area (Å²) in [5.41, 5.74) is 2.41. The van der Waals surface area contributed by atoms with Gasteiger partial charge in [-0.25, -0.2) is 9.67 Å². The van der Waals surface area contributed by atoms with E-state index in [2.05, 4.69) is 15.1 Å². The first-order chi connectivity index (χ1) is 9.20. The summed E-state index contributed by atoms with van der Waals surface area (Å²) in [5.74, 6) is 0. The number of hydrogen-bond acceptors (Lipinski definition) is 3. The second kappa shape index (κ2) is 4.79. The molecule has 0 aliphatic heterocycles. The topological polar surface area (TPSA) is 43.6 Å². The number of aryl methyl sites for hydroxylation is 1. The van der Waals surface area contributed by atoms with Crippen molar-refractivity contribution in [3.8, 4) is 5.69 Å². The van der Waals surface area contributed by atoms with Crippen molar-refractivity contribution in [2.45, 2.75) is 13.3 Å². The average Bonchev–Trinajstić information content (AvgIpc) is 2.78. The number of hydrogen-bond donors (Lipinski definition) is 0. The Balaban J connectivity index is 2.38. The minimum Gasteiger partial charge on any atom is -0.214 e. The van der Waals surface area contributed by atoms with E-state index in [1.165, 1.54) is 0 Å². The van der Waals surface area contributed by atoms with E-state index in [-0.39, 0.29) is 5.28 Å². The lowest BCUT2D eigenvalue weighted by atomic mass is 10.2. The van der Waals surface area contributed by atoms with E-state index in [4.69, 9.17) is 23.2 Å². The molecule has 0 radical (unpaired) electrons. The number of nitrogens with zero attached hydrogens (tertiary/aromatic N) is 4. The maximum absolute atomic E-state index is 6.16. The van der Waals surface area contributed by atoms with Crippen LogP contribution in [0.3, 0.4) is 0 Å². The highest BCUT2D eigenvalue weighted by Crippen LogP contribution is 2.27. The fraction of sp³-hybridized carbons (Fsp3) is 0.154. The molecular weight excluding hydrogens is 283 g/mol. The summed E-state index contributed by atoms with van der Waals surface area (Å²) in [6.45, 7) is 2.02. The molecule has 0 fully saturated rings. The van der Waals surface area contributed by atoms with Gasteiger partial charge in [-0.05, 0) is 30.2 Å². The molecule has 3 aromatic rings. The average molecular weight is 293 g/mol. The highest BCUT2D eigenvalue weighted by molar-refractivity contribution is 6.35. The predicted octanol–water partition coefficient (Wildman–Crippen LogP) is 3.68. The molecule has 1 aromatic carbocycles. The van der Waals surface area contributed by atoms with Gasteiger partial charge in [0.2, 0.25) is 5.28 Å². The van der Waals surface area contributed by atoms with Crippen LogP contribution in [0.25, 0.3) is 16.7 Å². The lowest BCUT2D eigenvalue weighted by Crippen LogP contribution is -1.98. The zero-order chi connectivity index (χ0) is 13.4. The molecule has 0 unspecified atom stereocenters. The van der Waals surface area contributed by atoms with E-state index in [1.807, 2.05) is 37.3 Å². The number of para-hydroxylation sites is 1. The summed E-state index contributed by atoms with van der Waals surface area (Å²) < 4.78 is 1.74. The minimum atomic E-state index is 0.122. The Hall–Kier alpha value is -1.65. The largest absolute Gasteiger partial charge is 0.225 e. The van der Waals surface area contributed by atoms with Gasteiger partial charge in [-0.1, -0.05) is 36.7 Å². The van der Waals surface area contributed by atoms with Crippen LogP contribution in [0.4, 0.5) is 0 Å². The molecule has 4 nitrogen and oxygen atoms in total. The normalized spacial score (nSPS) is 11.1. The second-order valence-electron chi connectivity index (χ2n) is 4.03. The van der Waals surface area contributed by atoms with Gasteiger partial charge in [0.25, 0.3) is 0 Å². The fourth-order valence-corrected chi connectivity index (χ4v) is 2.50. The van der Waals surface area contributed by atoms with Gasteiger partial charge in [-0.2, -0.15) is 10.1 Å². The summed E-state index contributed by atoms with van der Waals surface area (Å²) in [7, 11) is 0. The van der Waals surface area contributed by atoms with Crippen LogP contribution in [0, 0.1) is 0 Å². The smallest absolute Gasteiger partial charge is 0.214 e. The van der Waals surface area contributed by atoms with E-state index < -0.39 is 0 Å². The summed E-state index contributed by atoms with van der Waals surface area (Å²) >= 11 is 12.0. The Morgan fingerprint density at radius 3 is 2.53 bits per heavy atom. The zero-order valence-electron chi connectivity index (χ0n) is 10.1. The molecular formula is C13H10Cl2N4. The Morgan fingerprint density at radius 2 is 1.84 bits per heavy atom. The van der Waals surface area contributed by atoms with Crippen molar-refractivity contribution in [3.05, 3.63) is 46.5 Å². The highest BCUT2D eigenvalue weighted by Gasteiger charge is 2.16. The molecule has 6 heteroatoms. The van der Waals surface area contributed by atoms with Gasteiger partial charge < -0.3 is 0 Å². The number of halogens is 2. The quantitative estimate of drug-likeness (QED) is 0.534. The van der Waals surface area contributed by atoms with Crippen LogP contribution in [-0.4, -0.2) is 19.7 Å². The van der Waals surface area contributed by atoms with Crippen molar-refractivity contribution in [2.24, 2.45) is 0 Å². The van der Waals surface area contributed by atoms with Gasteiger partial charge in [0, 0.05) is 0 Å². The van der Waals surface area contributed by atoms with Gasteiger partial charge >= 0.3 is 0 Å². The molecule has 0 amide bonds. The summed E-state index contributed by atoms with van der Waals surface area (Å²) in [6.07, 6.45) is 0.751. The SMILES string of the molecule is CCc1nn(-c2ccccc2)c2nc(Cl)nc(Cl)c12. The number of fused-ring (bicyclic) bond motifs is 1. The molecule has 0 atom stereocenters. The minimum absolute atomic E-state index is 0.122. The van der Waals surface area contributed by atoms with Crippen LogP contribution >= 0.6 is 23.2 Å². The van der Waals surface area contributed by atoms with Crippen LogP contribution in [0.5, 0.6) is 0 Å². The van der Waals surface area contributed by atoms with Crippen molar-refractivity contribution in [2.75, 3.05) is 0 Å². The molecule has 0 saturated carbocycles. The molecule has 0 saturated heterocycles. The molecule has 0 spiro atoms. The fourth-order valence-electron chi connectivity index (χ4n) is 2.01. The molecule has 96 valence electrons. The number of aromatic nitrogens is 4. The first kappa shape index (κ1) is 12.4. The zero-order valence-corrected chi connectivity index (χ0v) is 11.7. The van der Waals surface area contributed by atoms with E-state index in [0.29, 0.717) is 10.8 Å². The van der Waals surface area contributed by atoms with Crippen LogP contribution in [0.2, 0.25) is 10.4 Å². The van der Waals surface area contributed by atoms with Crippen molar-refractivity contribution >= 4 is 34.2 Å². The van der Waals surface area contributed by atoms with Gasteiger partial charge in [0.1, 0.15) is 5.15 Å². The molecule has 0 bridgehead atoms. The molecule has 0 aliphatic carbocycles. The summed E-state index contributed by atoms with van der Waals surface area (Å²) in [4.78, 5) is 8.24. The molecule has 0 N–H and O–H groups in total. The van der Waals surface area contributed by atoms with E-state index in [1.54, 1.807) is 4.68 Å². The lowest BCUT2D eigenvalue weighted by Gasteiger charge is -2.02. The van der Waals surface area contributed by atoms with Gasteiger partial charge in [0.15, 0.2) is 5.65 Å².